The van der Waals surface area contributed by atoms with E-state index in [1.165, 1.54) is 0 Å². The minimum absolute atomic E-state index is 0.149. The number of para-hydroxylation sites is 1. The van der Waals surface area contributed by atoms with Gasteiger partial charge in [0.15, 0.2) is 0 Å². The van der Waals surface area contributed by atoms with E-state index in [1.807, 2.05) is 41.3 Å². The summed E-state index contributed by atoms with van der Waals surface area (Å²) in [6.45, 7) is 2.92. The molecule has 1 amide bonds. The van der Waals surface area contributed by atoms with Crippen molar-refractivity contribution in [3.63, 3.8) is 0 Å². The second kappa shape index (κ2) is 6.81. The first kappa shape index (κ1) is 17.7. The molecule has 2 aromatic rings. The van der Waals surface area contributed by atoms with Crippen LogP contribution in [-0.2, 0) is 9.59 Å². The van der Waals surface area contributed by atoms with Crippen LogP contribution in [0.1, 0.15) is 37.8 Å². The number of carbonyl (C=O) groups is 2. The van der Waals surface area contributed by atoms with E-state index in [2.05, 4.69) is 10.4 Å². The molecule has 142 valence electrons. The van der Waals surface area contributed by atoms with Crippen molar-refractivity contribution < 1.29 is 14.7 Å². The Balaban J connectivity index is 1.47. The van der Waals surface area contributed by atoms with E-state index in [0.717, 1.165) is 24.2 Å². The molecular formula is C20H24N4O3. The van der Waals surface area contributed by atoms with Gasteiger partial charge in [0.25, 0.3) is 0 Å². The molecule has 2 heterocycles. The van der Waals surface area contributed by atoms with Crippen molar-refractivity contribution in [3.05, 3.63) is 42.1 Å². The number of amides is 1. The van der Waals surface area contributed by atoms with Crippen LogP contribution in [0.15, 0.2) is 36.4 Å². The van der Waals surface area contributed by atoms with Gasteiger partial charge in [-0.05, 0) is 44.9 Å². The van der Waals surface area contributed by atoms with Gasteiger partial charge in [-0.2, -0.15) is 5.10 Å². The summed E-state index contributed by atoms with van der Waals surface area (Å²) < 4.78 is 1.77. The first-order chi connectivity index (χ1) is 12.9. The van der Waals surface area contributed by atoms with Crippen LogP contribution in [0.3, 0.4) is 0 Å². The van der Waals surface area contributed by atoms with Gasteiger partial charge in [-0.1, -0.05) is 18.2 Å². The largest absolute Gasteiger partial charge is 0.481 e. The van der Waals surface area contributed by atoms with Crippen molar-refractivity contribution in [2.45, 2.75) is 32.1 Å². The average molecular weight is 368 g/mol. The zero-order chi connectivity index (χ0) is 19.0. The highest BCUT2D eigenvalue weighted by Gasteiger charge is 2.40. The normalized spacial score (nSPS) is 22.7. The Kier molecular flexibility index (Phi) is 4.47. The van der Waals surface area contributed by atoms with Crippen molar-refractivity contribution in [1.82, 2.24) is 14.7 Å². The predicted molar refractivity (Wildman–Crippen MR) is 101 cm³/mol. The van der Waals surface area contributed by atoms with E-state index in [1.54, 1.807) is 11.6 Å². The molecule has 0 spiro atoms. The van der Waals surface area contributed by atoms with Crippen LogP contribution in [0.2, 0.25) is 0 Å². The number of carbonyl (C=O) groups excluding carboxylic acids is 1. The van der Waals surface area contributed by atoms with E-state index in [9.17, 15) is 14.7 Å². The topological polar surface area (TPSA) is 87.5 Å². The Hall–Kier alpha value is -2.67. The lowest BCUT2D eigenvalue weighted by molar-refractivity contribution is -0.147. The molecule has 1 saturated heterocycles. The maximum Gasteiger partial charge on any atom is 0.310 e. The minimum Gasteiger partial charge on any atom is -0.481 e. The number of aliphatic carboxylic acids is 1. The Morgan fingerprint density at radius 1 is 1.30 bits per heavy atom. The lowest BCUT2D eigenvalue weighted by atomic mass is 9.90. The standard InChI is InChI=1S/C20H24N4O3/c1-20(19(26)27)9-10-23(13-20)12-18(25)21-17-11-16(14-7-8-14)22-24(17)15-5-3-2-4-6-15/h2-6,11,14H,7-10,12-13H2,1H3,(H,21,25)(H,26,27). The highest BCUT2D eigenvalue weighted by molar-refractivity contribution is 5.92. The number of hydrogen-bond donors (Lipinski definition) is 2. The maximum absolute atomic E-state index is 12.6. The van der Waals surface area contributed by atoms with Gasteiger partial charge in [-0.15, -0.1) is 0 Å². The number of nitrogens with zero attached hydrogens (tertiary/aromatic N) is 3. The van der Waals surface area contributed by atoms with Crippen LogP contribution < -0.4 is 5.32 Å². The zero-order valence-corrected chi connectivity index (χ0v) is 15.4. The fourth-order valence-electron chi connectivity index (χ4n) is 3.58. The van der Waals surface area contributed by atoms with Crippen LogP contribution in [0.25, 0.3) is 5.69 Å². The third kappa shape index (κ3) is 3.73. The Morgan fingerprint density at radius 3 is 2.67 bits per heavy atom. The number of anilines is 1. The molecule has 2 N–H and O–H groups in total. The van der Waals surface area contributed by atoms with Crippen LogP contribution in [0.5, 0.6) is 0 Å². The summed E-state index contributed by atoms with van der Waals surface area (Å²) in [5.74, 6) is 0.194. The lowest BCUT2D eigenvalue weighted by Crippen LogP contribution is -2.36. The average Bonchev–Trinajstić information content (AvgIpc) is 3.31. The molecule has 4 rings (SSSR count). The molecule has 7 heteroatoms. The van der Waals surface area contributed by atoms with Gasteiger partial charge in [-0.3, -0.25) is 14.5 Å². The zero-order valence-electron chi connectivity index (χ0n) is 15.4. The SMILES string of the molecule is CC1(C(=O)O)CCN(CC(=O)Nc2cc(C3CC3)nn2-c2ccccc2)C1. The molecule has 1 aliphatic heterocycles. The van der Waals surface area contributed by atoms with Crippen LogP contribution >= 0.6 is 0 Å². The van der Waals surface area contributed by atoms with Crippen molar-refractivity contribution in [1.29, 1.82) is 0 Å². The van der Waals surface area contributed by atoms with Gasteiger partial charge in [0.2, 0.25) is 5.91 Å². The van der Waals surface area contributed by atoms with Crippen molar-refractivity contribution in [3.8, 4) is 5.69 Å². The summed E-state index contributed by atoms with van der Waals surface area (Å²) in [6.07, 6.45) is 2.84. The molecule has 1 aliphatic carbocycles. The molecule has 27 heavy (non-hydrogen) atoms. The Morgan fingerprint density at radius 2 is 2.04 bits per heavy atom. The number of nitrogens with one attached hydrogen (secondary N) is 1. The molecule has 1 unspecified atom stereocenters. The summed E-state index contributed by atoms with van der Waals surface area (Å²) in [5, 5.41) is 17.0. The maximum atomic E-state index is 12.6. The summed E-state index contributed by atoms with van der Waals surface area (Å²) in [4.78, 5) is 25.9. The highest BCUT2D eigenvalue weighted by Crippen LogP contribution is 2.40. The molecule has 1 aromatic carbocycles. The fourth-order valence-corrected chi connectivity index (χ4v) is 3.58. The van der Waals surface area contributed by atoms with Crippen molar-refractivity contribution in [2.24, 2.45) is 5.41 Å². The summed E-state index contributed by atoms with van der Waals surface area (Å²) in [6, 6.07) is 11.7. The van der Waals surface area contributed by atoms with E-state index in [0.29, 0.717) is 31.2 Å². The second-order valence-corrected chi connectivity index (χ2v) is 7.85. The number of carboxylic acids is 1. The number of likely N-dealkylation sites (tertiary alicyclic amines) is 1. The van der Waals surface area contributed by atoms with Crippen LogP contribution in [0.4, 0.5) is 5.82 Å². The number of rotatable bonds is 6. The second-order valence-electron chi connectivity index (χ2n) is 7.85. The number of benzene rings is 1. The lowest BCUT2D eigenvalue weighted by Gasteiger charge is -2.19. The fraction of sp³-hybridized carbons (Fsp3) is 0.450. The quantitative estimate of drug-likeness (QED) is 0.818. The van der Waals surface area contributed by atoms with E-state index < -0.39 is 11.4 Å². The smallest absolute Gasteiger partial charge is 0.310 e. The van der Waals surface area contributed by atoms with Crippen LogP contribution in [-0.4, -0.2) is 51.3 Å². The molecule has 1 saturated carbocycles. The van der Waals surface area contributed by atoms with Crippen molar-refractivity contribution >= 4 is 17.7 Å². The highest BCUT2D eigenvalue weighted by atomic mass is 16.4. The molecule has 2 fully saturated rings. The first-order valence-electron chi connectivity index (χ1n) is 9.36. The molecule has 1 aromatic heterocycles. The van der Waals surface area contributed by atoms with Gasteiger partial charge in [0.1, 0.15) is 5.82 Å². The van der Waals surface area contributed by atoms with Crippen LogP contribution in [0, 0.1) is 5.41 Å². The van der Waals surface area contributed by atoms with E-state index in [4.69, 9.17) is 0 Å². The van der Waals surface area contributed by atoms with E-state index >= 15 is 0 Å². The Bertz CT molecular complexity index is 859. The molecule has 0 radical (unpaired) electrons. The summed E-state index contributed by atoms with van der Waals surface area (Å²) >= 11 is 0. The van der Waals surface area contributed by atoms with Gasteiger partial charge >= 0.3 is 5.97 Å². The molecule has 0 bridgehead atoms. The van der Waals surface area contributed by atoms with Gasteiger partial charge in [0.05, 0.1) is 23.3 Å². The molecule has 1 atom stereocenters. The predicted octanol–water partition coefficient (Wildman–Crippen LogP) is 2.48. The number of aromatic nitrogens is 2. The monoisotopic (exact) mass is 368 g/mol. The van der Waals surface area contributed by atoms with Gasteiger partial charge in [-0.25, -0.2) is 4.68 Å². The summed E-state index contributed by atoms with van der Waals surface area (Å²) in [5.41, 5.74) is 1.14. The number of carboxylic acid groups (broad SMARTS) is 1. The van der Waals surface area contributed by atoms with Crippen molar-refractivity contribution in [2.75, 3.05) is 25.0 Å². The molecule has 7 nitrogen and oxygen atoms in total. The Labute approximate surface area is 158 Å². The molecule has 2 aliphatic rings. The first-order valence-corrected chi connectivity index (χ1v) is 9.36. The van der Waals surface area contributed by atoms with Gasteiger partial charge in [0, 0.05) is 18.5 Å². The minimum atomic E-state index is -0.804. The summed E-state index contributed by atoms with van der Waals surface area (Å²) in [7, 11) is 0. The third-order valence-electron chi connectivity index (χ3n) is 5.43. The van der Waals surface area contributed by atoms with Gasteiger partial charge < -0.3 is 10.4 Å². The van der Waals surface area contributed by atoms with E-state index in [-0.39, 0.29) is 12.5 Å². The molecular weight excluding hydrogens is 344 g/mol. The third-order valence-corrected chi connectivity index (χ3v) is 5.43. The number of hydrogen-bond acceptors (Lipinski definition) is 4.